The summed E-state index contributed by atoms with van der Waals surface area (Å²) >= 11 is 0. The Balaban J connectivity index is 0.00000352. The van der Waals surface area contributed by atoms with Crippen molar-refractivity contribution in [2.24, 2.45) is 5.92 Å². The van der Waals surface area contributed by atoms with E-state index in [9.17, 15) is 4.79 Å². The van der Waals surface area contributed by atoms with Gasteiger partial charge in [0.15, 0.2) is 0 Å². The molecule has 168 valence electrons. The molecule has 1 heterocycles. The number of hydrogen-bond donors (Lipinski definition) is 2. The predicted molar refractivity (Wildman–Crippen MR) is 117 cm³/mol. The summed E-state index contributed by atoms with van der Waals surface area (Å²) in [6.07, 6.45) is -0.337. The summed E-state index contributed by atoms with van der Waals surface area (Å²) in [6, 6.07) is 0. The van der Waals surface area contributed by atoms with Crippen molar-refractivity contribution in [2.45, 2.75) is 54.1 Å². The lowest BCUT2D eigenvalue weighted by atomic mass is 10.2. The van der Waals surface area contributed by atoms with Crippen LogP contribution in [0.25, 0.3) is 0 Å². The number of hydrogen-bond acceptors (Lipinski definition) is 6. The van der Waals surface area contributed by atoms with Gasteiger partial charge >= 0.3 is 6.09 Å². The third-order valence-corrected chi connectivity index (χ3v) is 4.09. The topological polar surface area (TPSA) is 66.1 Å². The van der Waals surface area contributed by atoms with Crippen molar-refractivity contribution in [3.05, 3.63) is 0 Å². The molecule has 1 aliphatic rings. The first kappa shape index (κ1) is 27.1. The summed E-state index contributed by atoms with van der Waals surface area (Å²) in [7, 11) is 0. The number of nitrogens with zero attached hydrogens (tertiary/aromatic N) is 2. The van der Waals surface area contributed by atoms with Crippen LogP contribution in [0.3, 0.4) is 0 Å². The second kappa shape index (κ2) is 16.0. The van der Waals surface area contributed by atoms with Gasteiger partial charge in [-0.2, -0.15) is 0 Å². The second-order valence-corrected chi connectivity index (χ2v) is 8.32. The molecular formula is C21H46N4O3. The third kappa shape index (κ3) is 16.1. The van der Waals surface area contributed by atoms with Crippen molar-refractivity contribution in [3.8, 4) is 0 Å². The Hall–Kier alpha value is -0.890. The fourth-order valence-corrected chi connectivity index (χ4v) is 2.70. The maximum Gasteiger partial charge on any atom is 0.407 e. The van der Waals surface area contributed by atoms with Gasteiger partial charge in [-0.25, -0.2) is 4.79 Å². The van der Waals surface area contributed by atoms with E-state index in [4.69, 9.17) is 9.47 Å². The van der Waals surface area contributed by atoms with Crippen molar-refractivity contribution < 1.29 is 14.3 Å². The average molecular weight is 403 g/mol. The number of amides is 1. The lowest BCUT2D eigenvalue weighted by molar-refractivity contribution is 0.0509. The monoisotopic (exact) mass is 402 g/mol. The largest absolute Gasteiger partial charge is 0.444 e. The highest BCUT2D eigenvalue weighted by Gasteiger charge is 2.18. The van der Waals surface area contributed by atoms with Crippen LogP contribution in [0, 0.1) is 5.92 Å². The smallest absolute Gasteiger partial charge is 0.407 e. The second-order valence-electron chi connectivity index (χ2n) is 8.32. The van der Waals surface area contributed by atoms with Crippen molar-refractivity contribution in [1.29, 1.82) is 0 Å². The molecule has 0 radical (unpaired) electrons. The standard InChI is InChI=1S/C19H40N4O3.C2H6/c1-17(2)16-20-7-14-25-15-13-23-11-9-22(10-12-23)8-6-21-18(24)26-19(3,4)5;1-2/h17,20H,6-16H2,1-5H3,(H,21,24);1-2H3. The summed E-state index contributed by atoms with van der Waals surface area (Å²) < 4.78 is 10.9. The summed E-state index contributed by atoms with van der Waals surface area (Å²) in [4.78, 5) is 16.4. The van der Waals surface area contributed by atoms with Gasteiger partial charge in [0, 0.05) is 52.4 Å². The fraction of sp³-hybridized carbons (Fsp3) is 0.952. The molecule has 0 saturated carbocycles. The van der Waals surface area contributed by atoms with Crippen LogP contribution < -0.4 is 10.6 Å². The molecule has 1 fully saturated rings. The zero-order chi connectivity index (χ0) is 21.4. The Morgan fingerprint density at radius 2 is 1.54 bits per heavy atom. The van der Waals surface area contributed by atoms with Crippen molar-refractivity contribution in [1.82, 2.24) is 20.4 Å². The number of rotatable bonds is 11. The maximum atomic E-state index is 11.6. The maximum absolute atomic E-state index is 11.6. The van der Waals surface area contributed by atoms with Crippen molar-refractivity contribution in [3.63, 3.8) is 0 Å². The van der Waals surface area contributed by atoms with Gasteiger partial charge in [0.2, 0.25) is 0 Å². The third-order valence-electron chi connectivity index (χ3n) is 4.09. The molecule has 0 aromatic rings. The minimum absolute atomic E-state index is 0.337. The van der Waals surface area contributed by atoms with Gasteiger partial charge in [-0.3, -0.25) is 9.80 Å². The summed E-state index contributed by atoms with van der Waals surface area (Å²) in [5.41, 5.74) is -0.442. The zero-order valence-electron chi connectivity index (χ0n) is 19.5. The minimum atomic E-state index is -0.442. The van der Waals surface area contributed by atoms with Gasteiger partial charge in [-0.15, -0.1) is 0 Å². The van der Waals surface area contributed by atoms with E-state index >= 15 is 0 Å². The van der Waals surface area contributed by atoms with E-state index in [1.807, 2.05) is 34.6 Å². The highest BCUT2D eigenvalue weighted by molar-refractivity contribution is 5.67. The van der Waals surface area contributed by atoms with E-state index in [0.717, 1.165) is 65.6 Å². The zero-order valence-corrected chi connectivity index (χ0v) is 19.5. The van der Waals surface area contributed by atoms with E-state index in [1.54, 1.807) is 0 Å². The van der Waals surface area contributed by atoms with Crippen LogP contribution in [0.2, 0.25) is 0 Å². The lowest BCUT2D eigenvalue weighted by Gasteiger charge is -2.34. The molecule has 1 saturated heterocycles. The minimum Gasteiger partial charge on any atom is -0.444 e. The number of ether oxygens (including phenoxy) is 2. The number of alkyl carbamates (subject to hydrolysis) is 1. The van der Waals surface area contributed by atoms with Crippen LogP contribution in [0.5, 0.6) is 0 Å². The normalized spacial score (nSPS) is 15.9. The van der Waals surface area contributed by atoms with Crippen LogP contribution in [0.4, 0.5) is 4.79 Å². The fourth-order valence-electron chi connectivity index (χ4n) is 2.70. The van der Waals surface area contributed by atoms with Crippen LogP contribution in [-0.2, 0) is 9.47 Å². The molecule has 0 aromatic carbocycles. The number of carbonyl (C=O) groups is 1. The molecule has 1 rings (SSSR count). The molecule has 28 heavy (non-hydrogen) atoms. The first-order valence-corrected chi connectivity index (χ1v) is 11.0. The Morgan fingerprint density at radius 3 is 2.07 bits per heavy atom. The Morgan fingerprint density at radius 1 is 0.964 bits per heavy atom. The Bertz CT molecular complexity index is 378. The molecular weight excluding hydrogens is 356 g/mol. The summed E-state index contributed by atoms with van der Waals surface area (Å²) in [5, 5.41) is 6.21. The molecule has 0 atom stereocenters. The van der Waals surface area contributed by atoms with Gasteiger partial charge in [0.1, 0.15) is 5.60 Å². The summed E-state index contributed by atoms with van der Waals surface area (Å²) in [6.45, 7) is 24.3. The Kier molecular flexibility index (Phi) is 15.5. The average Bonchev–Trinajstić information content (AvgIpc) is 2.62. The number of carbonyl (C=O) groups excluding carboxylic acids is 1. The SMILES string of the molecule is CC.CC(C)CNCCOCCN1CCN(CCNC(=O)OC(C)(C)C)CC1. The van der Waals surface area contributed by atoms with E-state index in [0.29, 0.717) is 12.5 Å². The van der Waals surface area contributed by atoms with Gasteiger partial charge in [0.05, 0.1) is 13.2 Å². The molecule has 0 aliphatic carbocycles. The molecule has 0 unspecified atom stereocenters. The van der Waals surface area contributed by atoms with Crippen molar-refractivity contribution in [2.75, 3.05) is 72.1 Å². The molecule has 2 N–H and O–H groups in total. The lowest BCUT2D eigenvalue weighted by Crippen LogP contribution is -2.49. The first-order chi connectivity index (χ1) is 13.3. The highest BCUT2D eigenvalue weighted by Crippen LogP contribution is 2.06. The number of nitrogens with one attached hydrogen (secondary N) is 2. The molecule has 0 aromatic heterocycles. The van der Waals surface area contributed by atoms with Gasteiger partial charge in [-0.1, -0.05) is 27.7 Å². The van der Waals surface area contributed by atoms with Crippen LogP contribution >= 0.6 is 0 Å². The van der Waals surface area contributed by atoms with E-state index in [1.165, 1.54) is 0 Å². The van der Waals surface area contributed by atoms with E-state index < -0.39 is 5.60 Å². The highest BCUT2D eigenvalue weighted by atomic mass is 16.6. The molecule has 0 spiro atoms. The van der Waals surface area contributed by atoms with E-state index in [-0.39, 0.29) is 6.09 Å². The van der Waals surface area contributed by atoms with Gasteiger partial charge in [0.25, 0.3) is 0 Å². The number of piperazine rings is 1. The van der Waals surface area contributed by atoms with Crippen LogP contribution in [0.1, 0.15) is 48.5 Å². The van der Waals surface area contributed by atoms with E-state index in [2.05, 4.69) is 34.3 Å². The Labute approximate surface area is 173 Å². The quantitative estimate of drug-likeness (QED) is 0.518. The summed E-state index contributed by atoms with van der Waals surface area (Å²) in [5.74, 6) is 0.686. The van der Waals surface area contributed by atoms with Gasteiger partial charge in [-0.05, 0) is 33.2 Å². The molecule has 7 nitrogen and oxygen atoms in total. The van der Waals surface area contributed by atoms with Crippen LogP contribution in [0.15, 0.2) is 0 Å². The first-order valence-electron chi connectivity index (χ1n) is 11.0. The molecule has 1 amide bonds. The predicted octanol–water partition coefficient (Wildman–Crippen LogP) is 2.42. The molecule has 0 bridgehead atoms. The molecule has 7 heteroatoms. The van der Waals surface area contributed by atoms with Crippen LogP contribution in [-0.4, -0.2) is 93.6 Å². The molecule has 1 aliphatic heterocycles. The van der Waals surface area contributed by atoms with Crippen molar-refractivity contribution >= 4 is 6.09 Å². The van der Waals surface area contributed by atoms with Gasteiger partial charge < -0.3 is 20.1 Å².